The number of carbonyl (C=O) groups excluding carboxylic acids is 3. The summed E-state index contributed by atoms with van der Waals surface area (Å²) in [5.74, 6) is -3.61. The molecular weight excluding hydrogens is 506 g/mol. The van der Waals surface area contributed by atoms with Gasteiger partial charge in [0.25, 0.3) is 0 Å². The summed E-state index contributed by atoms with van der Waals surface area (Å²) in [7, 11) is 2.15. The van der Waals surface area contributed by atoms with E-state index in [1.165, 1.54) is 16.0 Å². The molecule has 1 heterocycles. The normalized spacial score (nSPS) is 18.2. The van der Waals surface area contributed by atoms with Crippen molar-refractivity contribution < 1.29 is 44.0 Å². The van der Waals surface area contributed by atoms with E-state index in [1.54, 1.807) is 6.08 Å². The van der Waals surface area contributed by atoms with Crippen LogP contribution in [0.5, 0.6) is 0 Å². The highest BCUT2D eigenvalue weighted by molar-refractivity contribution is 5.97. The van der Waals surface area contributed by atoms with Gasteiger partial charge in [-0.1, -0.05) is 36.3 Å². The number of carboxylic acid groups (broad SMARTS) is 1. The number of methoxy groups -OCH3 is 2. The monoisotopic (exact) mass is 551 g/mol. The van der Waals surface area contributed by atoms with Gasteiger partial charge in [-0.25, -0.2) is 9.59 Å². The third kappa shape index (κ3) is 9.93. The molecule has 0 radical (unpaired) electrons. The second-order valence-corrected chi connectivity index (χ2v) is 10.6. The molecule has 0 aromatic heterocycles. The van der Waals surface area contributed by atoms with Gasteiger partial charge in [-0.15, -0.1) is 0 Å². The number of rotatable bonds is 17. The van der Waals surface area contributed by atoms with Crippen molar-refractivity contribution in [1.29, 1.82) is 0 Å². The molecule has 3 N–H and O–H groups in total. The van der Waals surface area contributed by atoms with Crippen molar-refractivity contribution in [3.05, 3.63) is 34.9 Å². The van der Waals surface area contributed by atoms with Crippen LogP contribution in [0, 0.1) is 5.92 Å². The van der Waals surface area contributed by atoms with Crippen molar-refractivity contribution in [1.82, 2.24) is 4.90 Å². The number of aliphatic hydroxyl groups is 2. The number of hydrogen-bond donors (Lipinski definition) is 3. The molecule has 10 nitrogen and oxygen atoms in total. The summed E-state index contributed by atoms with van der Waals surface area (Å²) in [4.78, 5) is 48.6. The lowest BCUT2D eigenvalue weighted by molar-refractivity contribution is -0.210. The van der Waals surface area contributed by atoms with Gasteiger partial charge in [-0.05, 0) is 78.1 Å². The molecule has 0 unspecified atom stereocenters. The Hall–Kier alpha value is -2.98. The first-order valence-electron chi connectivity index (χ1n) is 13.3. The van der Waals surface area contributed by atoms with E-state index in [-0.39, 0.29) is 24.8 Å². The highest BCUT2D eigenvalue weighted by Crippen LogP contribution is 2.33. The van der Waals surface area contributed by atoms with Gasteiger partial charge in [-0.2, -0.15) is 0 Å². The van der Waals surface area contributed by atoms with Crippen LogP contribution >= 0.6 is 0 Å². The lowest BCUT2D eigenvalue weighted by Crippen LogP contribution is -2.63. The van der Waals surface area contributed by atoms with Crippen molar-refractivity contribution >= 4 is 23.8 Å². The Morgan fingerprint density at radius 2 is 1.62 bits per heavy atom. The van der Waals surface area contributed by atoms with Crippen molar-refractivity contribution in [2.24, 2.45) is 5.92 Å². The Balaban J connectivity index is 2.47. The predicted molar refractivity (Wildman–Crippen MR) is 146 cm³/mol. The Bertz CT molecular complexity index is 979. The van der Waals surface area contributed by atoms with Crippen LogP contribution in [0.1, 0.15) is 79.1 Å². The Labute approximate surface area is 231 Å². The minimum absolute atomic E-state index is 0.168. The Morgan fingerprint density at radius 1 is 1.05 bits per heavy atom. The fourth-order valence-electron chi connectivity index (χ4n) is 4.66. The number of aliphatic carboxylic acids is 1. The minimum Gasteiger partial charge on any atom is -0.480 e. The van der Waals surface area contributed by atoms with Gasteiger partial charge in [-0.3, -0.25) is 9.59 Å². The van der Waals surface area contributed by atoms with Gasteiger partial charge in [0.1, 0.15) is 6.54 Å². The van der Waals surface area contributed by atoms with Gasteiger partial charge in [0, 0.05) is 12.1 Å². The quantitative estimate of drug-likeness (QED) is 0.183. The van der Waals surface area contributed by atoms with Crippen molar-refractivity contribution in [3.63, 3.8) is 0 Å². The Morgan fingerprint density at radius 3 is 2.15 bits per heavy atom. The van der Waals surface area contributed by atoms with Crippen LogP contribution < -0.4 is 0 Å². The number of hydrogen-bond acceptors (Lipinski definition) is 8. The second-order valence-electron chi connectivity index (χ2n) is 10.6. The van der Waals surface area contributed by atoms with Crippen molar-refractivity contribution in [2.45, 2.75) is 90.3 Å². The summed E-state index contributed by atoms with van der Waals surface area (Å²) in [5, 5.41) is 30.4. The number of ether oxygens (including phenoxy) is 2. The van der Waals surface area contributed by atoms with E-state index in [9.17, 15) is 29.4 Å². The Kier molecular flexibility index (Phi) is 13.6. The maximum absolute atomic E-state index is 12.3. The van der Waals surface area contributed by atoms with Crippen LogP contribution in [-0.4, -0.2) is 82.5 Å². The zero-order valence-corrected chi connectivity index (χ0v) is 24.1. The maximum Gasteiger partial charge on any atom is 0.341 e. The summed E-state index contributed by atoms with van der Waals surface area (Å²) in [6, 6.07) is 0. The van der Waals surface area contributed by atoms with Gasteiger partial charge < -0.3 is 29.7 Å². The molecule has 0 saturated carbocycles. The molecule has 0 saturated heterocycles. The molecule has 3 atom stereocenters. The first-order chi connectivity index (χ1) is 18.2. The van der Waals surface area contributed by atoms with Crippen LogP contribution in [0.3, 0.4) is 0 Å². The zero-order chi connectivity index (χ0) is 29.8. The smallest absolute Gasteiger partial charge is 0.341 e. The summed E-state index contributed by atoms with van der Waals surface area (Å²) in [6.45, 7) is 7.08. The molecule has 0 bridgehead atoms. The molecule has 10 heteroatoms. The first kappa shape index (κ1) is 34.0. The van der Waals surface area contributed by atoms with E-state index in [4.69, 9.17) is 5.11 Å². The summed E-state index contributed by atoms with van der Waals surface area (Å²) >= 11 is 0. The molecule has 1 amide bonds. The summed E-state index contributed by atoms with van der Waals surface area (Å²) < 4.78 is 9.23. The summed E-state index contributed by atoms with van der Waals surface area (Å²) in [5.41, 5.74) is -1.75. The van der Waals surface area contributed by atoms with Gasteiger partial charge >= 0.3 is 17.9 Å². The van der Waals surface area contributed by atoms with E-state index in [2.05, 4.69) is 35.5 Å². The van der Waals surface area contributed by atoms with E-state index in [1.807, 2.05) is 6.92 Å². The molecule has 1 aliphatic heterocycles. The van der Waals surface area contributed by atoms with Crippen molar-refractivity contribution in [2.75, 3.05) is 27.3 Å². The standard InChI is InChI=1S/C29H45NO9/c1-20(10-7-11-21(2)13-9-15-23-16-17-30(25(23)33)19-24(31)32)12-8-14-22(3)18-29(37,27(35)39-6)28(4,36)26(34)38-5/h12-13,16,22,36-37H,7-11,14-15,17-19H2,1-6H3,(H,31,32)/b20-12-,21-13+/t22-,28-,29+/m1/s1. The maximum atomic E-state index is 12.3. The average Bonchev–Trinajstić information content (AvgIpc) is 3.20. The first-order valence-corrected chi connectivity index (χ1v) is 13.3. The largest absolute Gasteiger partial charge is 0.480 e. The third-order valence-electron chi connectivity index (χ3n) is 7.20. The molecule has 1 aliphatic rings. The number of esters is 2. The molecule has 220 valence electrons. The molecule has 0 aliphatic carbocycles. The van der Waals surface area contributed by atoms with E-state index < -0.39 is 29.1 Å². The van der Waals surface area contributed by atoms with Gasteiger partial charge in [0.05, 0.1) is 14.2 Å². The van der Waals surface area contributed by atoms with Gasteiger partial charge in [0.15, 0.2) is 5.60 Å². The minimum atomic E-state index is -2.45. The van der Waals surface area contributed by atoms with Crippen LogP contribution in [0.2, 0.25) is 0 Å². The van der Waals surface area contributed by atoms with Crippen molar-refractivity contribution in [3.8, 4) is 0 Å². The molecular formula is C29H45NO9. The molecule has 0 fully saturated rings. The van der Waals surface area contributed by atoms with Crippen LogP contribution in [-0.2, 0) is 28.7 Å². The van der Waals surface area contributed by atoms with Crippen LogP contribution in [0.15, 0.2) is 34.9 Å². The molecule has 0 aromatic carbocycles. The molecule has 39 heavy (non-hydrogen) atoms. The second kappa shape index (κ2) is 15.6. The third-order valence-corrected chi connectivity index (χ3v) is 7.20. The number of allylic oxidation sites excluding steroid dienone is 4. The predicted octanol–water partition coefficient (Wildman–Crippen LogP) is 3.32. The number of nitrogens with zero attached hydrogens (tertiary/aromatic N) is 1. The molecule has 1 rings (SSSR count). The van der Waals surface area contributed by atoms with Crippen LogP contribution in [0.4, 0.5) is 0 Å². The lowest BCUT2D eigenvalue weighted by atomic mass is 9.77. The molecule has 0 aromatic rings. The average molecular weight is 552 g/mol. The van der Waals surface area contributed by atoms with E-state index in [0.29, 0.717) is 31.4 Å². The highest BCUT2D eigenvalue weighted by atomic mass is 16.6. The van der Waals surface area contributed by atoms with Crippen LogP contribution in [0.25, 0.3) is 0 Å². The van der Waals surface area contributed by atoms with E-state index >= 15 is 0 Å². The fraction of sp³-hybridized carbons (Fsp3) is 0.655. The number of amides is 1. The SMILES string of the molecule is COC(=O)[C@@](C)(O)[C@](O)(C[C@H](C)CC/C=C(/C)CCC/C(C)=C/CCC1=CCN(CC(=O)O)C1=O)C(=O)OC. The summed E-state index contributed by atoms with van der Waals surface area (Å²) in [6.07, 6.45) is 11.4. The topological polar surface area (TPSA) is 151 Å². The lowest BCUT2D eigenvalue weighted by Gasteiger charge is -2.37. The van der Waals surface area contributed by atoms with E-state index in [0.717, 1.165) is 46.8 Å². The highest BCUT2D eigenvalue weighted by Gasteiger charge is 2.58. The number of carboxylic acids is 1. The van der Waals surface area contributed by atoms with Gasteiger partial charge in [0.2, 0.25) is 11.5 Å². The number of carbonyl (C=O) groups is 4. The molecule has 0 spiro atoms. The zero-order valence-electron chi connectivity index (χ0n) is 24.1. The fourth-order valence-corrected chi connectivity index (χ4v) is 4.66.